The fraction of sp³-hybridized carbons (Fsp3) is 0.467. The standard InChI is InChI=1S/C15H22N4O2S2/c1-4-6-11-19(3)14-9-8-13(16-17-14)18-23(20,21)15-10-7-12(5-2)22-15/h7-10H,4-6,11H2,1-3H3,(H,16,18). The van der Waals surface area contributed by atoms with Gasteiger partial charge in [-0.3, -0.25) is 4.72 Å². The molecule has 0 radical (unpaired) electrons. The van der Waals surface area contributed by atoms with Gasteiger partial charge >= 0.3 is 0 Å². The van der Waals surface area contributed by atoms with Crippen LogP contribution in [0.15, 0.2) is 28.5 Å². The lowest BCUT2D eigenvalue weighted by atomic mass is 10.3. The maximum Gasteiger partial charge on any atom is 0.272 e. The van der Waals surface area contributed by atoms with Gasteiger partial charge < -0.3 is 4.90 Å². The molecule has 0 fully saturated rings. The second kappa shape index (κ2) is 7.74. The second-order valence-electron chi connectivity index (χ2n) is 5.23. The number of nitrogens with zero attached hydrogens (tertiary/aromatic N) is 3. The lowest BCUT2D eigenvalue weighted by molar-refractivity contribution is 0.603. The van der Waals surface area contributed by atoms with Crippen LogP contribution in [0.5, 0.6) is 0 Å². The van der Waals surface area contributed by atoms with Gasteiger partial charge in [-0.15, -0.1) is 21.5 Å². The molecule has 0 aliphatic heterocycles. The summed E-state index contributed by atoms with van der Waals surface area (Å²) in [5.74, 6) is 0.954. The Morgan fingerprint density at radius 3 is 2.52 bits per heavy atom. The van der Waals surface area contributed by atoms with E-state index in [9.17, 15) is 8.42 Å². The van der Waals surface area contributed by atoms with Crippen molar-refractivity contribution in [3.05, 3.63) is 29.1 Å². The molecule has 2 aromatic heterocycles. The molecule has 0 saturated carbocycles. The Morgan fingerprint density at radius 2 is 1.96 bits per heavy atom. The minimum Gasteiger partial charge on any atom is -0.358 e. The Labute approximate surface area is 141 Å². The minimum atomic E-state index is -3.60. The average Bonchev–Trinajstić information content (AvgIpc) is 3.03. The molecule has 0 bridgehead atoms. The van der Waals surface area contributed by atoms with E-state index in [0.29, 0.717) is 4.21 Å². The van der Waals surface area contributed by atoms with Crippen molar-refractivity contribution in [3.63, 3.8) is 0 Å². The van der Waals surface area contributed by atoms with Crippen LogP contribution in [-0.2, 0) is 16.4 Å². The van der Waals surface area contributed by atoms with Crippen molar-refractivity contribution in [1.29, 1.82) is 0 Å². The predicted octanol–water partition coefficient (Wildman–Crippen LogP) is 3.14. The Morgan fingerprint density at radius 1 is 1.17 bits per heavy atom. The number of rotatable bonds is 8. The van der Waals surface area contributed by atoms with Crippen LogP contribution < -0.4 is 9.62 Å². The van der Waals surface area contributed by atoms with Crippen LogP contribution in [0.3, 0.4) is 0 Å². The number of sulfonamides is 1. The fourth-order valence-electron chi connectivity index (χ4n) is 1.97. The first-order chi connectivity index (χ1) is 11.0. The van der Waals surface area contributed by atoms with E-state index in [-0.39, 0.29) is 5.82 Å². The topological polar surface area (TPSA) is 75.2 Å². The molecule has 0 atom stereocenters. The number of hydrogen-bond acceptors (Lipinski definition) is 6. The quantitative estimate of drug-likeness (QED) is 0.788. The van der Waals surface area contributed by atoms with Gasteiger partial charge in [0.25, 0.3) is 10.0 Å². The number of anilines is 2. The van der Waals surface area contributed by atoms with E-state index in [2.05, 4.69) is 21.8 Å². The molecule has 1 N–H and O–H groups in total. The first-order valence-electron chi connectivity index (χ1n) is 7.62. The van der Waals surface area contributed by atoms with E-state index < -0.39 is 10.0 Å². The van der Waals surface area contributed by atoms with Crippen molar-refractivity contribution < 1.29 is 8.42 Å². The maximum absolute atomic E-state index is 12.3. The van der Waals surface area contributed by atoms with E-state index in [1.54, 1.807) is 18.2 Å². The van der Waals surface area contributed by atoms with Crippen LogP contribution in [0.25, 0.3) is 0 Å². The highest BCUT2D eigenvalue weighted by atomic mass is 32.2. The summed E-state index contributed by atoms with van der Waals surface area (Å²) in [7, 11) is -1.65. The predicted molar refractivity (Wildman–Crippen MR) is 94.7 cm³/mol. The molecule has 2 aromatic rings. The monoisotopic (exact) mass is 354 g/mol. The second-order valence-corrected chi connectivity index (χ2v) is 8.31. The third-order valence-electron chi connectivity index (χ3n) is 3.38. The maximum atomic E-state index is 12.3. The zero-order chi connectivity index (χ0) is 16.9. The molecule has 23 heavy (non-hydrogen) atoms. The first-order valence-corrected chi connectivity index (χ1v) is 9.92. The Bertz CT molecular complexity index is 726. The number of unbranched alkanes of at least 4 members (excludes halogenated alkanes) is 1. The molecule has 0 aromatic carbocycles. The summed E-state index contributed by atoms with van der Waals surface area (Å²) in [5.41, 5.74) is 0. The van der Waals surface area contributed by atoms with E-state index in [1.165, 1.54) is 11.3 Å². The van der Waals surface area contributed by atoms with Crippen LogP contribution in [0, 0.1) is 0 Å². The fourth-order valence-corrected chi connectivity index (χ4v) is 4.27. The molecule has 2 heterocycles. The summed E-state index contributed by atoms with van der Waals surface area (Å²) in [5, 5.41) is 8.05. The zero-order valence-electron chi connectivity index (χ0n) is 13.6. The van der Waals surface area contributed by atoms with E-state index in [0.717, 1.165) is 36.5 Å². The summed E-state index contributed by atoms with van der Waals surface area (Å²) in [6.07, 6.45) is 3.00. The highest BCUT2D eigenvalue weighted by Gasteiger charge is 2.17. The summed E-state index contributed by atoms with van der Waals surface area (Å²) >= 11 is 1.27. The summed E-state index contributed by atoms with van der Waals surface area (Å²) in [6.45, 7) is 5.02. The van der Waals surface area contributed by atoms with Crippen LogP contribution in [0.2, 0.25) is 0 Å². The molecule has 0 aliphatic carbocycles. The summed E-state index contributed by atoms with van der Waals surface area (Å²) in [4.78, 5) is 3.03. The van der Waals surface area contributed by atoms with E-state index in [4.69, 9.17) is 0 Å². The highest BCUT2D eigenvalue weighted by Crippen LogP contribution is 2.24. The highest BCUT2D eigenvalue weighted by molar-refractivity contribution is 7.94. The molecular formula is C15H22N4O2S2. The smallest absolute Gasteiger partial charge is 0.272 e. The summed E-state index contributed by atoms with van der Waals surface area (Å²) in [6, 6.07) is 6.85. The lowest BCUT2D eigenvalue weighted by Gasteiger charge is -2.17. The Kier molecular flexibility index (Phi) is 5.95. The molecule has 0 saturated heterocycles. The van der Waals surface area contributed by atoms with Crippen molar-refractivity contribution >= 4 is 33.0 Å². The van der Waals surface area contributed by atoms with Crippen LogP contribution in [-0.4, -0.2) is 32.2 Å². The van der Waals surface area contributed by atoms with Crippen molar-refractivity contribution in [1.82, 2.24) is 10.2 Å². The van der Waals surface area contributed by atoms with Crippen LogP contribution >= 0.6 is 11.3 Å². The van der Waals surface area contributed by atoms with E-state index in [1.807, 2.05) is 24.9 Å². The SMILES string of the molecule is CCCCN(C)c1ccc(NS(=O)(=O)c2ccc(CC)s2)nn1. The molecule has 0 unspecified atom stereocenters. The molecule has 8 heteroatoms. The molecular weight excluding hydrogens is 332 g/mol. The third-order valence-corrected chi connectivity index (χ3v) is 6.45. The van der Waals surface area contributed by atoms with Gasteiger partial charge in [0.15, 0.2) is 11.6 Å². The van der Waals surface area contributed by atoms with Gasteiger partial charge in [-0.25, -0.2) is 8.42 Å². The zero-order valence-corrected chi connectivity index (χ0v) is 15.2. The van der Waals surface area contributed by atoms with E-state index >= 15 is 0 Å². The van der Waals surface area contributed by atoms with Gasteiger partial charge in [0.05, 0.1) is 0 Å². The number of aromatic nitrogens is 2. The van der Waals surface area contributed by atoms with Crippen LogP contribution in [0.1, 0.15) is 31.6 Å². The average molecular weight is 355 g/mol. The van der Waals surface area contributed by atoms with Crippen LogP contribution in [0.4, 0.5) is 11.6 Å². The Balaban J connectivity index is 2.08. The molecule has 126 valence electrons. The van der Waals surface area contributed by atoms with Gasteiger partial charge in [0.2, 0.25) is 0 Å². The van der Waals surface area contributed by atoms with Crippen molar-refractivity contribution in [3.8, 4) is 0 Å². The molecule has 0 amide bonds. The lowest BCUT2D eigenvalue weighted by Crippen LogP contribution is -2.20. The number of aryl methyl sites for hydroxylation is 1. The molecule has 2 rings (SSSR count). The van der Waals surface area contributed by atoms with Gasteiger partial charge in [-0.05, 0) is 37.1 Å². The summed E-state index contributed by atoms with van der Waals surface area (Å²) < 4.78 is 27.4. The van der Waals surface area contributed by atoms with Crippen molar-refractivity contribution in [2.75, 3.05) is 23.2 Å². The van der Waals surface area contributed by atoms with Crippen molar-refractivity contribution in [2.24, 2.45) is 0 Å². The largest absolute Gasteiger partial charge is 0.358 e. The molecule has 0 spiro atoms. The number of thiophene rings is 1. The van der Waals surface area contributed by atoms with Gasteiger partial charge in [0.1, 0.15) is 4.21 Å². The Hall–Kier alpha value is -1.67. The third kappa shape index (κ3) is 4.65. The van der Waals surface area contributed by atoms with Gasteiger partial charge in [-0.2, -0.15) is 0 Å². The number of nitrogens with one attached hydrogen (secondary N) is 1. The number of hydrogen-bond donors (Lipinski definition) is 1. The molecule has 0 aliphatic rings. The minimum absolute atomic E-state index is 0.226. The normalized spacial score (nSPS) is 11.4. The van der Waals surface area contributed by atoms with Gasteiger partial charge in [0, 0.05) is 18.5 Å². The first kappa shape index (κ1) is 17.7. The molecule has 6 nitrogen and oxygen atoms in total. The van der Waals surface area contributed by atoms with Gasteiger partial charge in [-0.1, -0.05) is 20.3 Å². The van der Waals surface area contributed by atoms with Crippen molar-refractivity contribution in [2.45, 2.75) is 37.3 Å².